The van der Waals surface area contributed by atoms with Gasteiger partial charge in [-0.3, -0.25) is 9.59 Å². The molecule has 2 rings (SSSR count). The minimum absolute atomic E-state index is 0.0633. The number of hydrogen-bond donors (Lipinski definition) is 1. The quantitative estimate of drug-likeness (QED) is 0.838. The Hall–Kier alpha value is -2.44. The highest BCUT2D eigenvalue weighted by Crippen LogP contribution is 2.17. The van der Waals surface area contributed by atoms with E-state index in [1.54, 1.807) is 6.92 Å². The standard InChI is InChI=1S/C16H19FN2O4/c1-10-2-3-12(8-13(10)17)16(22)23-9-14(20)19-6-4-11(5-7-19)15(18)21/h2-3,8,11H,4-7,9H2,1H3,(H2,18,21). The molecule has 7 heteroatoms. The zero-order chi connectivity index (χ0) is 17.0. The van der Waals surface area contributed by atoms with Crippen molar-refractivity contribution in [1.82, 2.24) is 4.90 Å². The Morgan fingerprint density at radius 1 is 1.30 bits per heavy atom. The van der Waals surface area contributed by atoms with Crippen molar-refractivity contribution in [3.05, 3.63) is 35.1 Å². The highest BCUT2D eigenvalue weighted by Gasteiger charge is 2.26. The SMILES string of the molecule is Cc1ccc(C(=O)OCC(=O)N2CCC(C(N)=O)CC2)cc1F. The second-order valence-corrected chi connectivity index (χ2v) is 5.60. The third-order valence-electron chi connectivity index (χ3n) is 3.98. The number of hydrogen-bond acceptors (Lipinski definition) is 4. The van der Waals surface area contributed by atoms with Gasteiger partial charge < -0.3 is 15.4 Å². The van der Waals surface area contributed by atoms with Gasteiger partial charge in [0, 0.05) is 19.0 Å². The molecule has 6 nitrogen and oxygen atoms in total. The molecule has 0 spiro atoms. The van der Waals surface area contributed by atoms with E-state index in [9.17, 15) is 18.8 Å². The lowest BCUT2D eigenvalue weighted by atomic mass is 9.96. The monoisotopic (exact) mass is 322 g/mol. The molecule has 0 unspecified atom stereocenters. The highest BCUT2D eigenvalue weighted by atomic mass is 19.1. The number of carbonyl (C=O) groups excluding carboxylic acids is 3. The van der Waals surface area contributed by atoms with Crippen molar-refractivity contribution < 1.29 is 23.5 Å². The molecule has 1 aromatic carbocycles. The van der Waals surface area contributed by atoms with E-state index >= 15 is 0 Å². The minimum Gasteiger partial charge on any atom is -0.452 e. The number of amides is 2. The Morgan fingerprint density at radius 2 is 1.96 bits per heavy atom. The number of rotatable bonds is 4. The van der Waals surface area contributed by atoms with Crippen molar-refractivity contribution in [2.24, 2.45) is 11.7 Å². The van der Waals surface area contributed by atoms with E-state index in [0.29, 0.717) is 31.5 Å². The summed E-state index contributed by atoms with van der Waals surface area (Å²) in [5.74, 6) is -2.15. The zero-order valence-electron chi connectivity index (χ0n) is 12.9. The number of carbonyl (C=O) groups is 3. The fourth-order valence-corrected chi connectivity index (χ4v) is 2.44. The lowest BCUT2D eigenvalue weighted by Gasteiger charge is -2.30. The molecule has 1 heterocycles. The first kappa shape index (κ1) is 16.9. The summed E-state index contributed by atoms with van der Waals surface area (Å²) in [6.45, 7) is 1.99. The second-order valence-electron chi connectivity index (χ2n) is 5.60. The van der Waals surface area contributed by atoms with Gasteiger partial charge in [0.15, 0.2) is 6.61 Å². The van der Waals surface area contributed by atoms with E-state index in [1.165, 1.54) is 17.0 Å². The van der Waals surface area contributed by atoms with Gasteiger partial charge in [0.2, 0.25) is 5.91 Å². The number of halogens is 1. The Balaban J connectivity index is 1.83. The molecule has 1 aromatic rings. The van der Waals surface area contributed by atoms with Gasteiger partial charge in [0.05, 0.1) is 5.56 Å². The first-order valence-electron chi connectivity index (χ1n) is 7.39. The van der Waals surface area contributed by atoms with Crippen LogP contribution in [0.2, 0.25) is 0 Å². The van der Waals surface area contributed by atoms with Gasteiger partial charge in [-0.1, -0.05) is 6.07 Å². The molecule has 0 bridgehead atoms. The summed E-state index contributed by atoms with van der Waals surface area (Å²) in [4.78, 5) is 36.4. The van der Waals surface area contributed by atoms with Crippen LogP contribution in [0.1, 0.15) is 28.8 Å². The van der Waals surface area contributed by atoms with Crippen LogP contribution in [0.25, 0.3) is 0 Å². The van der Waals surface area contributed by atoms with Crippen molar-refractivity contribution in [2.45, 2.75) is 19.8 Å². The molecule has 0 aromatic heterocycles. The Labute approximate surface area is 133 Å². The molecule has 2 amide bonds. The van der Waals surface area contributed by atoms with E-state index in [4.69, 9.17) is 10.5 Å². The average Bonchev–Trinajstić information content (AvgIpc) is 2.54. The lowest BCUT2D eigenvalue weighted by Crippen LogP contribution is -2.43. The van der Waals surface area contributed by atoms with Gasteiger partial charge in [-0.05, 0) is 37.5 Å². The van der Waals surface area contributed by atoms with Gasteiger partial charge in [0.25, 0.3) is 5.91 Å². The zero-order valence-corrected chi connectivity index (χ0v) is 12.9. The van der Waals surface area contributed by atoms with Crippen LogP contribution in [0, 0.1) is 18.7 Å². The molecule has 1 aliphatic heterocycles. The van der Waals surface area contributed by atoms with E-state index in [2.05, 4.69) is 0 Å². The number of primary amides is 1. The van der Waals surface area contributed by atoms with Gasteiger partial charge in [-0.25, -0.2) is 9.18 Å². The number of likely N-dealkylation sites (tertiary alicyclic amines) is 1. The fourth-order valence-electron chi connectivity index (χ4n) is 2.44. The number of nitrogens with zero attached hydrogens (tertiary/aromatic N) is 1. The third-order valence-corrected chi connectivity index (χ3v) is 3.98. The Morgan fingerprint density at radius 3 is 2.52 bits per heavy atom. The van der Waals surface area contributed by atoms with Gasteiger partial charge in [-0.2, -0.15) is 0 Å². The van der Waals surface area contributed by atoms with E-state index in [1.807, 2.05) is 0 Å². The van der Waals surface area contributed by atoms with Crippen molar-refractivity contribution in [3.63, 3.8) is 0 Å². The van der Waals surface area contributed by atoms with Crippen molar-refractivity contribution in [3.8, 4) is 0 Å². The Bertz CT molecular complexity index is 625. The van der Waals surface area contributed by atoms with Crippen LogP contribution in [0.15, 0.2) is 18.2 Å². The summed E-state index contributed by atoms with van der Waals surface area (Å²) in [6, 6.07) is 4.01. The number of esters is 1. The molecular weight excluding hydrogens is 303 g/mol. The summed E-state index contributed by atoms with van der Waals surface area (Å²) in [6.07, 6.45) is 1.02. The molecule has 0 saturated carbocycles. The molecule has 1 aliphatic rings. The summed E-state index contributed by atoms with van der Waals surface area (Å²) >= 11 is 0. The predicted molar refractivity (Wildman–Crippen MR) is 79.9 cm³/mol. The number of aryl methyl sites for hydroxylation is 1. The summed E-state index contributed by atoms with van der Waals surface area (Å²) in [5.41, 5.74) is 5.72. The smallest absolute Gasteiger partial charge is 0.338 e. The predicted octanol–water partition coefficient (Wildman–Crippen LogP) is 1.01. The van der Waals surface area contributed by atoms with Crippen molar-refractivity contribution in [2.75, 3.05) is 19.7 Å². The van der Waals surface area contributed by atoms with E-state index < -0.39 is 18.4 Å². The van der Waals surface area contributed by atoms with Crippen LogP contribution in [0.3, 0.4) is 0 Å². The first-order valence-corrected chi connectivity index (χ1v) is 7.39. The van der Waals surface area contributed by atoms with Crippen molar-refractivity contribution in [1.29, 1.82) is 0 Å². The fraction of sp³-hybridized carbons (Fsp3) is 0.438. The minimum atomic E-state index is -0.746. The molecule has 0 radical (unpaired) electrons. The van der Waals surface area contributed by atoms with Crippen LogP contribution >= 0.6 is 0 Å². The molecule has 0 aliphatic carbocycles. The van der Waals surface area contributed by atoms with Crippen LogP contribution < -0.4 is 5.73 Å². The highest BCUT2D eigenvalue weighted by molar-refractivity contribution is 5.91. The molecule has 2 N–H and O–H groups in total. The maximum atomic E-state index is 13.4. The van der Waals surface area contributed by atoms with Crippen LogP contribution in [0.4, 0.5) is 4.39 Å². The maximum Gasteiger partial charge on any atom is 0.338 e. The lowest BCUT2D eigenvalue weighted by molar-refractivity contribution is -0.137. The van der Waals surface area contributed by atoms with E-state index in [-0.39, 0.29) is 23.3 Å². The van der Waals surface area contributed by atoms with Gasteiger partial charge >= 0.3 is 5.97 Å². The normalized spacial score (nSPS) is 15.3. The number of ether oxygens (including phenoxy) is 1. The maximum absolute atomic E-state index is 13.4. The number of nitrogens with two attached hydrogens (primary N) is 1. The average molecular weight is 322 g/mol. The van der Waals surface area contributed by atoms with Gasteiger partial charge in [0.1, 0.15) is 5.82 Å². The van der Waals surface area contributed by atoms with Crippen molar-refractivity contribution >= 4 is 17.8 Å². The molecule has 1 fully saturated rings. The summed E-state index contributed by atoms with van der Waals surface area (Å²) in [7, 11) is 0. The summed E-state index contributed by atoms with van der Waals surface area (Å²) < 4.78 is 18.3. The largest absolute Gasteiger partial charge is 0.452 e. The molecule has 0 atom stereocenters. The van der Waals surface area contributed by atoms with Crippen LogP contribution in [-0.4, -0.2) is 42.4 Å². The van der Waals surface area contributed by atoms with Gasteiger partial charge in [-0.15, -0.1) is 0 Å². The van der Waals surface area contributed by atoms with Crippen LogP contribution in [0.5, 0.6) is 0 Å². The molecular formula is C16H19FN2O4. The first-order chi connectivity index (χ1) is 10.9. The van der Waals surface area contributed by atoms with Crippen LogP contribution in [-0.2, 0) is 14.3 Å². The number of piperidine rings is 1. The third kappa shape index (κ3) is 4.28. The van der Waals surface area contributed by atoms with E-state index in [0.717, 1.165) is 6.07 Å². The Kier molecular flexibility index (Phi) is 5.31. The molecule has 23 heavy (non-hydrogen) atoms. The number of benzene rings is 1. The summed E-state index contributed by atoms with van der Waals surface area (Å²) in [5, 5.41) is 0. The molecule has 1 saturated heterocycles. The second kappa shape index (κ2) is 7.21. The molecule has 124 valence electrons. The topological polar surface area (TPSA) is 89.7 Å².